The third-order valence-electron chi connectivity index (χ3n) is 2.77. The van der Waals surface area contributed by atoms with Gasteiger partial charge in [0.05, 0.1) is 12.6 Å². The average Bonchev–Trinajstić information content (AvgIpc) is 2.43. The Bertz CT molecular complexity index is 388. The summed E-state index contributed by atoms with van der Waals surface area (Å²) >= 11 is 0. The van der Waals surface area contributed by atoms with E-state index in [9.17, 15) is 4.79 Å². The lowest BCUT2D eigenvalue weighted by Gasteiger charge is -2.15. The predicted octanol–water partition coefficient (Wildman–Crippen LogP) is 0.718. The van der Waals surface area contributed by atoms with E-state index in [1.807, 2.05) is 38.1 Å². The fraction of sp³-hybridized carbons (Fsp3) is 0.538. The molecule has 0 aromatic carbocycles. The molecule has 1 aromatic rings. The molecule has 1 aromatic heterocycles. The molecule has 0 spiro atoms. The maximum Gasteiger partial charge on any atom is 0.315 e. The SMILES string of the molecule is CCC(CO)NC(=O)NCc1ccc(N(C)C)nc1. The van der Waals surface area contributed by atoms with E-state index in [-0.39, 0.29) is 18.7 Å². The van der Waals surface area contributed by atoms with Crippen LogP contribution in [0.25, 0.3) is 0 Å². The molecule has 1 atom stereocenters. The third kappa shape index (κ3) is 5.13. The van der Waals surface area contributed by atoms with Gasteiger partial charge in [-0.25, -0.2) is 9.78 Å². The number of carbonyl (C=O) groups excluding carboxylic acids is 1. The average molecular weight is 266 g/mol. The molecule has 106 valence electrons. The molecule has 6 heteroatoms. The highest BCUT2D eigenvalue weighted by molar-refractivity contribution is 5.74. The summed E-state index contributed by atoms with van der Waals surface area (Å²) in [7, 11) is 3.85. The molecule has 0 fully saturated rings. The molecule has 1 heterocycles. The van der Waals surface area contributed by atoms with E-state index in [0.717, 1.165) is 11.4 Å². The molecule has 2 amide bonds. The smallest absolute Gasteiger partial charge is 0.315 e. The third-order valence-corrected chi connectivity index (χ3v) is 2.77. The van der Waals surface area contributed by atoms with Gasteiger partial charge in [-0.1, -0.05) is 13.0 Å². The van der Waals surface area contributed by atoms with Gasteiger partial charge < -0.3 is 20.6 Å². The van der Waals surface area contributed by atoms with Crippen molar-refractivity contribution in [1.29, 1.82) is 0 Å². The number of nitrogens with one attached hydrogen (secondary N) is 2. The zero-order valence-electron chi connectivity index (χ0n) is 11.7. The maximum absolute atomic E-state index is 11.6. The number of anilines is 1. The second kappa shape index (κ2) is 7.58. The van der Waals surface area contributed by atoms with Crippen LogP contribution < -0.4 is 15.5 Å². The number of aliphatic hydroxyl groups is 1. The molecule has 0 saturated carbocycles. The highest BCUT2D eigenvalue weighted by Crippen LogP contribution is 2.07. The molecule has 0 aliphatic carbocycles. The Morgan fingerprint density at radius 2 is 2.21 bits per heavy atom. The van der Waals surface area contributed by atoms with Crippen LogP contribution in [0.4, 0.5) is 10.6 Å². The highest BCUT2D eigenvalue weighted by atomic mass is 16.3. The van der Waals surface area contributed by atoms with Crippen LogP contribution in [0.2, 0.25) is 0 Å². The van der Waals surface area contributed by atoms with Crippen molar-refractivity contribution in [3.63, 3.8) is 0 Å². The molecule has 3 N–H and O–H groups in total. The number of rotatable bonds is 6. The zero-order valence-corrected chi connectivity index (χ0v) is 11.7. The lowest BCUT2D eigenvalue weighted by atomic mass is 10.2. The fourth-order valence-electron chi connectivity index (χ4n) is 1.48. The Morgan fingerprint density at radius 3 is 2.68 bits per heavy atom. The molecule has 1 rings (SSSR count). The number of aliphatic hydroxyl groups excluding tert-OH is 1. The second-order valence-corrected chi connectivity index (χ2v) is 4.53. The number of urea groups is 1. The van der Waals surface area contributed by atoms with E-state index < -0.39 is 0 Å². The Hall–Kier alpha value is -1.82. The molecule has 19 heavy (non-hydrogen) atoms. The van der Waals surface area contributed by atoms with Gasteiger partial charge in [-0.15, -0.1) is 0 Å². The number of nitrogens with zero attached hydrogens (tertiary/aromatic N) is 2. The van der Waals surface area contributed by atoms with Gasteiger partial charge >= 0.3 is 6.03 Å². The largest absolute Gasteiger partial charge is 0.394 e. The maximum atomic E-state index is 11.6. The quantitative estimate of drug-likeness (QED) is 0.709. The summed E-state index contributed by atoms with van der Waals surface area (Å²) in [5.41, 5.74) is 0.929. The molecule has 0 bridgehead atoms. The summed E-state index contributed by atoms with van der Waals surface area (Å²) in [5.74, 6) is 0.875. The highest BCUT2D eigenvalue weighted by Gasteiger charge is 2.08. The van der Waals surface area contributed by atoms with Gasteiger partial charge in [0, 0.05) is 26.8 Å². The van der Waals surface area contributed by atoms with E-state index in [1.54, 1.807) is 6.20 Å². The zero-order chi connectivity index (χ0) is 14.3. The van der Waals surface area contributed by atoms with Gasteiger partial charge in [-0.05, 0) is 18.1 Å². The molecule has 1 unspecified atom stereocenters. The van der Waals surface area contributed by atoms with Crippen molar-refractivity contribution in [2.24, 2.45) is 0 Å². The molecule has 6 nitrogen and oxygen atoms in total. The minimum Gasteiger partial charge on any atom is -0.394 e. The van der Waals surface area contributed by atoms with Crippen LogP contribution >= 0.6 is 0 Å². The molecule has 0 aliphatic rings. The van der Waals surface area contributed by atoms with Crippen molar-refractivity contribution in [1.82, 2.24) is 15.6 Å². The Balaban J connectivity index is 2.41. The molecule has 0 aliphatic heterocycles. The van der Waals surface area contributed by atoms with Crippen molar-refractivity contribution in [2.45, 2.75) is 25.9 Å². The van der Waals surface area contributed by atoms with Gasteiger partial charge in [-0.2, -0.15) is 0 Å². The lowest BCUT2D eigenvalue weighted by Crippen LogP contribution is -2.43. The topological polar surface area (TPSA) is 77.5 Å². The van der Waals surface area contributed by atoms with Crippen LogP contribution in [0.3, 0.4) is 0 Å². The van der Waals surface area contributed by atoms with E-state index in [2.05, 4.69) is 15.6 Å². The van der Waals surface area contributed by atoms with Gasteiger partial charge in [-0.3, -0.25) is 0 Å². The minimum atomic E-state index is -0.280. The number of hydrogen-bond donors (Lipinski definition) is 3. The Morgan fingerprint density at radius 1 is 1.47 bits per heavy atom. The van der Waals surface area contributed by atoms with Crippen LogP contribution in [0.1, 0.15) is 18.9 Å². The molecular formula is C13H22N4O2. The van der Waals surface area contributed by atoms with E-state index >= 15 is 0 Å². The van der Waals surface area contributed by atoms with Crippen LogP contribution in [-0.4, -0.2) is 42.9 Å². The number of carbonyl (C=O) groups is 1. The van der Waals surface area contributed by atoms with Gasteiger partial charge in [0.1, 0.15) is 5.82 Å². The van der Waals surface area contributed by atoms with E-state index in [4.69, 9.17) is 5.11 Å². The normalized spacial score (nSPS) is 11.8. The van der Waals surface area contributed by atoms with Gasteiger partial charge in [0.2, 0.25) is 0 Å². The van der Waals surface area contributed by atoms with E-state index in [0.29, 0.717) is 13.0 Å². The number of hydrogen-bond acceptors (Lipinski definition) is 4. The first kappa shape index (κ1) is 15.2. The first-order valence-corrected chi connectivity index (χ1v) is 6.34. The van der Waals surface area contributed by atoms with E-state index in [1.165, 1.54) is 0 Å². The summed E-state index contributed by atoms with van der Waals surface area (Å²) in [4.78, 5) is 17.7. The summed E-state index contributed by atoms with van der Waals surface area (Å²) in [5, 5.41) is 14.4. The summed E-state index contributed by atoms with van der Waals surface area (Å²) in [6.45, 7) is 2.27. The van der Waals surface area contributed by atoms with Crippen molar-refractivity contribution < 1.29 is 9.90 Å². The summed E-state index contributed by atoms with van der Waals surface area (Å²) in [6.07, 6.45) is 2.43. The molecule has 0 saturated heterocycles. The first-order chi connectivity index (χ1) is 9.06. The fourth-order valence-corrected chi connectivity index (χ4v) is 1.48. The van der Waals surface area contributed by atoms with Crippen LogP contribution in [0.15, 0.2) is 18.3 Å². The van der Waals surface area contributed by atoms with Crippen molar-refractivity contribution in [2.75, 3.05) is 25.6 Å². The predicted molar refractivity (Wildman–Crippen MR) is 75.1 cm³/mol. The number of pyridine rings is 1. The lowest BCUT2D eigenvalue weighted by molar-refractivity contribution is 0.214. The van der Waals surface area contributed by atoms with Gasteiger partial charge in [0.15, 0.2) is 0 Å². The molecule has 0 radical (unpaired) electrons. The number of aromatic nitrogens is 1. The summed E-state index contributed by atoms with van der Waals surface area (Å²) in [6, 6.07) is 3.34. The standard InChI is InChI=1S/C13H22N4O2/c1-4-11(9-18)16-13(19)15-8-10-5-6-12(14-7-10)17(2)3/h5-7,11,18H,4,8-9H2,1-3H3,(H2,15,16,19). The van der Waals surface area contributed by atoms with Crippen LogP contribution in [0, 0.1) is 0 Å². The van der Waals surface area contributed by atoms with Crippen LogP contribution in [0.5, 0.6) is 0 Å². The van der Waals surface area contributed by atoms with Crippen LogP contribution in [-0.2, 0) is 6.54 Å². The minimum absolute atomic E-state index is 0.0526. The molecular weight excluding hydrogens is 244 g/mol. The van der Waals surface area contributed by atoms with Gasteiger partial charge in [0.25, 0.3) is 0 Å². The van der Waals surface area contributed by atoms with Crippen molar-refractivity contribution in [3.8, 4) is 0 Å². The number of amides is 2. The van der Waals surface area contributed by atoms with Crippen molar-refractivity contribution >= 4 is 11.8 Å². The second-order valence-electron chi connectivity index (χ2n) is 4.53. The van der Waals surface area contributed by atoms with Crippen molar-refractivity contribution in [3.05, 3.63) is 23.9 Å². The monoisotopic (exact) mass is 266 g/mol. The summed E-state index contributed by atoms with van der Waals surface area (Å²) < 4.78 is 0. The Labute approximate surface area is 113 Å². The Kier molecular flexibility index (Phi) is 6.08. The first-order valence-electron chi connectivity index (χ1n) is 6.34.